The van der Waals surface area contributed by atoms with Gasteiger partial charge >= 0.3 is 0 Å². The van der Waals surface area contributed by atoms with Crippen molar-refractivity contribution in [3.05, 3.63) is 78.0 Å². The number of benzene rings is 2. The average molecular weight is 362 g/mol. The van der Waals surface area contributed by atoms with Gasteiger partial charge in [0.2, 0.25) is 0 Å². The van der Waals surface area contributed by atoms with Gasteiger partial charge in [-0.05, 0) is 48.9 Å². The maximum atomic E-state index is 12.5. The fraction of sp³-hybridized carbons (Fsp3) is 0.190. The minimum Gasteiger partial charge on any atom is -0.494 e. The molecular formula is C21H22N4O2. The van der Waals surface area contributed by atoms with E-state index in [1.54, 1.807) is 24.1 Å². The highest BCUT2D eigenvalue weighted by molar-refractivity contribution is 5.92. The Morgan fingerprint density at radius 3 is 2.37 bits per heavy atom. The van der Waals surface area contributed by atoms with Crippen LogP contribution in [-0.4, -0.2) is 34.7 Å². The number of carbonyl (C=O) groups excluding carboxylic acids is 1. The van der Waals surface area contributed by atoms with Gasteiger partial charge in [0.25, 0.3) is 5.91 Å². The monoisotopic (exact) mass is 362 g/mol. The molecule has 0 atom stereocenters. The topological polar surface area (TPSA) is 67.3 Å². The first-order valence-electron chi connectivity index (χ1n) is 8.78. The molecule has 3 aromatic rings. The molecule has 0 spiro atoms. The summed E-state index contributed by atoms with van der Waals surface area (Å²) in [5, 5.41) is 11.3. The molecular weight excluding hydrogens is 340 g/mol. The van der Waals surface area contributed by atoms with Crippen molar-refractivity contribution in [3.63, 3.8) is 0 Å². The number of rotatable bonds is 7. The van der Waals surface area contributed by atoms with Crippen molar-refractivity contribution in [1.29, 1.82) is 0 Å². The standard InChI is InChI=1S/C21H22N4O2/c1-3-27-18-11-9-17(10-12-18)22-20-14-13-19(23-24-20)21(26)25(2)15-16-7-5-4-6-8-16/h4-14H,3,15H2,1-2H3,(H,22,24). The molecule has 0 aliphatic rings. The Labute approximate surface area is 158 Å². The van der Waals surface area contributed by atoms with Crippen LogP contribution in [0.1, 0.15) is 23.0 Å². The summed E-state index contributed by atoms with van der Waals surface area (Å²) in [5.41, 5.74) is 2.24. The quantitative estimate of drug-likeness (QED) is 0.691. The van der Waals surface area contributed by atoms with Gasteiger partial charge in [0.15, 0.2) is 11.5 Å². The van der Waals surface area contributed by atoms with E-state index in [0.717, 1.165) is 17.0 Å². The van der Waals surface area contributed by atoms with Crippen molar-refractivity contribution in [2.45, 2.75) is 13.5 Å². The zero-order valence-corrected chi connectivity index (χ0v) is 15.4. The van der Waals surface area contributed by atoms with Gasteiger partial charge < -0.3 is 15.0 Å². The van der Waals surface area contributed by atoms with E-state index >= 15 is 0 Å². The van der Waals surface area contributed by atoms with Crippen molar-refractivity contribution in [2.24, 2.45) is 0 Å². The second-order valence-electron chi connectivity index (χ2n) is 6.03. The highest BCUT2D eigenvalue weighted by Crippen LogP contribution is 2.19. The number of nitrogens with zero attached hydrogens (tertiary/aromatic N) is 3. The molecule has 1 heterocycles. The molecule has 0 saturated carbocycles. The van der Waals surface area contributed by atoms with Crippen LogP contribution in [0.25, 0.3) is 0 Å². The van der Waals surface area contributed by atoms with Crippen LogP contribution in [0.3, 0.4) is 0 Å². The van der Waals surface area contributed by atoms with Crippen molar-refractivity contribution >= 4 is 17.4 Å². The van der Waals surface area contributed by atoms with Gasteiger partial charge in [-0.2, -0.15) is 0 Å². The molecule has 0 unspecified atom stereocenters. The van der Waals surface area contributed by atoms with Crippen molar-refractivity contribution in [2.75, 3.05) is 19.0 Å². The SMILES string of the molecule is CCOc1ccc(Nc2ccc(C(=O)N(C)Cc3ccccc3)nn2)cc1. The number of ether oxygens (including phenoxy) is 1. The van der Waals surface area contributed by atoms with E-state index in [1.807, 2.05) is 61.5 Å². The molecule has 0 aliphatic heterocycles. The Morgan fingerprint density at radius 2 is 1.74 bits per heavy atom. The van der Waals surface area contributed by atoms with Gasteiger partial charge in [0, 0.05) is 19.3 Å². The fourth-order valence-corrected chi connectivity index (χ4v) is 2.59. The first-order valence-corrected chi connectivity index (χ1v) is 8.78. The van der Waals surface area contributed by atoms with E-state index in [0.29, 0.717) is 24.7 Å². The zero-order chi connectivity index (χ0) is 19.1. The summed E-state index contributed by atoms with van der Waals surface area (Å²) < 4.78 is 5.42. The first-order chi connectivity index (χ1) is 13.2. The third-order valence-electron chi connectivity index (χ3n) is 3.93. The van der Waals surface area contributed by atoms with Crippen LogP contribution in [0.4, 0.5) is 11.5 Å². The molecule has 0 fully saturated rings. The first kappa shape index (κ1) is 18.4. The number of anilines is 2. The molecule has 138 valence electrons. The molecule has 0 bridgehead atoms. The lowest BCUT2D eigenvalue weighted by atomic mass is 10.2. The molecule has 0 radical (unpaired) electrons. The predicted octanol–water partition coefficient (Wildman–Crippen LogP) is 3.89. The van der Waals surface area contributed by atoms with Crippen LogP contribution in [0.5, 0.6) is 5.75 Å². The summed E-state index contributed by atoms with van der Waals surface area (Å²) in [6, 6.07) is 20.8. The molecule has 1 aromatic heterocycles. The molecule has 2 aromatic carbocycles. The predicted molar refractivity (Wildman–Crippen MR) is 105 cm³/mol. The lowest BCUT2D eigenvalue weighted by molar-refractivity contribution is 0.0778. The third kappa shape index (κ3) is 5.04. The van der Waals surface area contributed by atoms with Gasteiger partial charge in [0.05, 0.1) is 6.61 Å². The molecule has 6 heteroatoms. The molecule has 6 nitrogen and oxygen atoms in total. The zero-order valence-electron chi connectivity index (χ0n) is 15.4. The van der Waals surface area contributed by atoms with Crippen molar-refractivity contribution in [3.8, 4) is 5.75 Å². The van der Waals surface area contributed by atoms with Crippen LogP contribution in [-0.2, 0) is 6.54 Å². The van der Waals surface area contributed by atoms with Gasteiger partial charge in [-0.25, -0.2) is 0 Å². The molecule has 3 rings (SSSR count). The highest BCUT2D eigenvalue weighted by Gasteiger charge is 2.14. The number of aromatic nitrogens is 2. The van der Waals surface area contributed by atoms with Gasteiger partial charge in [0.1, 0.15) is 5.75 Å². The Kier molecular flexibility index (Phi) is 5.99. The molecule has 0 saturated heterocycles. The number of amides is 1. The third-order valence-corrected chi connectivity index (χ3v) is 3.93. The largest absolute Gasteiger partial charge is 0.494 e. The van der Waals surface area contributed by atoms with E-state index in [-0.39, 0.29) is 5.91 Å². The van der Waals surface area contributed by atoms with Gasteiger partial charge in [-0.1, -0.05) is 30.3 Å². The van der Waals surface area contributed by atoms with Crippen molar-refractivity contribution in [1.82, 2.24) is 15.1 Å². The summed E-state index contributed by atoms with van der Waals surface area (Å²) in [5.74, 6) is 1.22. The smallest absolute Gasteiger partial charge is 0.274 e. The minimum absolute atomic E-state index is 0.168. The normalized spacial score (nSPS) is 10.3. The van der Waals surface area contributed by atoms with Crippen LogP contribution in [0.15, 0.2) is 66.7 Å². The second-order valence-corrected chi connectivity index (χ2v) is 6.03. The Balaban J connectivity index is 1.61. The molecule has 0 aliphatic carbocycles. The summed E-state index contributed by atoms with van der Waals surface area (Å²) in [6.45, 7) is 3.10. The van der Waals surface area contributed by atoms with E-state index < -0.39 is 0 Å². The molecule has 1 N–H and O–H groups in total. The number of nitrogens with one attached hydrogen (secondary N) is 1. The minimum atomic E-state index is -0.168. The van der Waals surface area contributed by atoms with Crippen LogP contribution in [0.2, 0.25) is 0 Å². The lowest BCUT2D eigenvalue weighted by Gasteiger charge is -2.16. The van der Waals surface area contributed by atoms with E-state index in [2.05, 4.69) is 15.5 Å². The van der Waals surface area contributed by atoms with E-state index in [4.69, 9.17) is 4.74 Å². The number of carbonyl (C=O) groups is 1. The van der Waals surface area contributed by atoms with E-state index in [9.17, 15) is 4.79 Å². The number of hydrogen-bond acceptors (Lipinski definition) is 5. The van der Waals surface area contributed by atoms with Gasteiger partial charge in [-0.3, -0.25) is 4.79 Å². The van der Waals surface area contributed by atoms with E-state index in [1.165, 1.54) is 0 Å². The van der Waals surface area contributed by atoms with Crippen molar-refractivity contribution < 1.29 is 9.53 Å². The second kappa shape index (κ2) is 8.80. The summed E-state index contributed by atoms with van der Waals surface area (Å²) in [6.07, 6.45) is 0. The Hall–Kier alpha value is -3.41. The van der Waals surface area contributed by atoms with Crippen LogP contribution >= 0.6 is 0 Å². The molecule has 27 heavy (non-hydrogen) atoms. The van der Waals surface area contributed by atoms with Gasteiger partial charge in [-0.15, -0.1) is 10.2 Å². The maximum Gasteiger partial charge on any atom is 0.274 e. The fourth-order valence-electron chi connectivity index (χ4n) is 2.59. The highest BCUT2D eigenvalue weighted by atomic mass is 16.5. The average Bonchev–Trinajstić information content (AvgIpc) is 2.70. The summed E-state index contributed by atoms with van der Waals surface area (Å²) >= 11 is 0. The summed E-state index contributed by atoms with van der Waals surface area (Å²) in [7, 11) is 1.75. The molecule has 1 amide bonds. The lowest BCUT2D eigenvalue weighted by Crippen LogP contribution is -2.27. The summed E-state index contributed by atoms with van der Waals surface area (Å²) in [4.78, 5) is 14.1. The van der Waals surface area contributed by atoms with Crippen LogP contribution < -0.4 is 10.1 Å². The Morgan fingerprint density at radius 1 is 1.00 bits per heavy atom. The number of hydrogen-bond donors (Lipinski definition) is 1. The maximum absolute atomic E-state index is 12.5. The Bertz CT molecular complexity index is 865. The van der Waals surface area contributed by atoms with Crippen LogP contribution in [0, 0.1) is 0 Å².